The van der Waals surface area contributed by atoms with Crippen LogP contribution in [0.1, 0.15) is 12.0 Å². The molecule has 5 heteroatoms. The van der Waals surface area contributed by atoms with Crippen LogP contribution in [0.15, 0.2) is 30.3 Å². The van der Waals surface area contributed by atoms with Gasteiger partial charge in [-0.05, 0) is 0 Å². The third kappa shape index (κ3) is 3.22. The van der Waals surface area contributed by atoms with Crippen LogP contribution in [0, 0.1) is 0 Å². The fourth-order valence-electron chi connectivity index (χ4n) is 1.05. The zero-order valence-corrected chi connectivity index (χ0v) is 9.69. The van der Waals surface area contributed by atoms with Crippen molar-refractivity contribution in [2.45, 2.75) is 16.5 Å². The molecule has 1 rings (SSSR count). The molecule has 0 aromatic heterocycles. The zero-order valence-electron chi connectivity index (χ0n) is 7.29. The summed E-state index contributed by atoms with van der Waals surface area (Å²) in [5.74, 6) is -2.83. The topological polar surface area (TPSA) is 26.0 Å². The summed E-state index contributed by atoms with van der Waals surface area (Å²) < 4.78 is 26.6. The van der Waals surface area contributed by atoms with Gasteiger partial charge in [0.1, 0.15) is 0 Å². The predicted octanol–water partition coefficient (Wildman–Crippen LogP) is 3.50. The second-order valence-corrected chi connectivity index (χ2v) is 5.37. The number of hydrogen-bond acceptors (Lipinski definition) is 2. The molecule has 0 aliphatic rings. The average Bonchev–Trinajstić information content (AvgIpc) is 2.18. The summed E-state index contributed by atoms with van der Waals surface area (Å²) in [6, 6.07) is 7.74. The first-order chi connectivity index (χ1) is 6.56. The Bertz CT molecular complexity index is 281. The first-order valence-electron chi connectivity index (χ1n) is 3.99. The van der Waals surface area contributed by atoms with Crippen LogP contribution >= 0.6 is 27.9 Å². The summed E-state index contributed by atoms with van der Waals surface area (Å²) in [5.41, 5.74) is 0.0264. The molecule has 0 heterocycles. The van der Waals surface area contributed by atoms with Gasteiger partial charge in [0, 0.05) is 12.0 Å². The van der Waals surface area contributed by atoms with Crippen LogP contribution < -0.4 is 5.14 Å². The molecule has 0 fully saturated rings. The van der Waals surface area contributed by atoms with E-state index in [1.54, 1.807) is 18.2 Å². The molecule has 14 heavy (non-hydrogen) atoms. The Morgan fingerprint density at radius 3 is 2.43 bits per heavy atom. The first kappa shape index (κ1) is 11.9. The van der Waals surface area contributed by atoms with Gasteiger partial charge in [-0.3, -0.25) is 5.14 Å². The van der Waals surface area contributed by atoms with E-state index in [1.165, 1.54) is 12.1 Å². The van der Waals surface area contributed by atoms with Crippen LogP contribution in [0.25, 0.3) is 0 Å². The Balaban J connectivity index is 2.75. The van der Waals surface area contributed by atoms with Crippen molar-refractivity contribution in [3.63, 3.8) is 0 Å². The molecule has 1 aromatic rings. The molecular formula is C9H10BrF2NS. The Hall–Kier alpha value is -0.130. The minimum absolute atomic E-state index is 0.0264. The van der Waals surface area contributed by atoms with Crippen molar-refractivity contribution in [2.24, 2.45) is 5.14 Å². The molecule has 1 aromatic carbocycles. The van der Waals surface area contributed by atoms with Crippen molar-refractivity contribution in [3.05, 3.63) is 35.9 Å². The molecule has 0 saturated carbocycles. The van der Waals surface area contributed by atoms with Gasteiger partial charge in [-0.15, -0.1) is 0 Å². The summed E-state index contributed by atoms with van der Waals surface area (Å²) >= 11 is 3.95. The number of alkyl halides is 3. The lowest BCUT2D eigenvalue weighted by Crippen LogP contribution is -2.18. The van der Waals surface area contributed by atoms with Crippen LogP contribution in [0.2, 0.25) is 0 Å². The van der Waals surface area contributed by atoms with E-state index in [0.29, 0.717) is 0 Å². The van der Waals surface area contributed by atoms with E-state index in [9.17, 15) is 8.78 Å². The summed E-state index contributed by atoms with van der Waals surface area (Å²) in [6.45, 7) is 0. The van der Waals surface area contributed by atoms with Crippen molar-refractivity contribution < 1.29 is 8.78 Å². The Morgan fingerprint density at radius 2 is 1.93 bits per heavy atom. The Morgan fingerprint density at radius 1 is 1.36 bits per heavy atom. The van der Waals surface area contributed by atoms with Crippen LogP contribution in [-0.4, -0.2) is 4.16 Å². The fourth-order valence-corrected chi connectivity index (χ4v) is 1.76. The zero-order chi connectivity index (χ0) is 10.6. The number of nitrogens with two attached hydrogens (primary N) is 1. The van der Waals surface area contributed by atoms with E-state index in [1.807, 2.05) is 0 Å². The van der Waals surface area contributed by atoms with Crippen LogP contribution in [0.3, 0.4) is 0 Å². The first-order valence-corrected chi connectivity index (χ1v) is 5.85. The minimum atomic E-state index is -2.83. The van der Waals surface area contributed by atoms with E-state index in [-0.39, 0.29) is 12.0 Å². The number of halogens is 3. The summed E-state index contributed by atoms with van der Waals surface area (Å²) in [4.78, 5) is 0. The van der Waals surface area contributed by atoms with Crippen molar-refractivity contribution in [2.75, 3.05) is 0 Å². The van der Waals surface area contributed by atoms with E-state index < -0.39 is 10.1 Å². The second kappa shape index (κ2) is 5.09. The monoisotopic (exact) mass is 281 g/mol. The fraction of sp³-hybridized carbons (Fsp3) is 0.333. The van der Waals surface area contributed by atoms with Gasteiger partial charge in [0.05, 0.1) is 4.16 Å². The highest BCUT2D eigenvalue weighted by Crippen LogP contribution is 2.36. The molecule has 1 nitrogen and oxygen atoms in total. The van der Waals surface area contributed by atoms with E-state index in [0.717, 1.165) is 11.9 Å². The van der Waals surface area contributed by atoms with E-state index in [4.69, 9.17) is 5.14 Å². The normalized spacial score (nSPS) is 14.0. The van der Waals surface area contributed by atoms with Crippen LogP contribution in [-0.2, 0) is 5.92 Å². The highest BCUT2D eigenvalue weighted by atomic mass is 79.9. The molecule has 0 spiro atoms. The van der Waals surface area contributed by atoms with Gasteiger partial charge in [0.2, 0.25) is 0 Å². The van der Waals surface area contributed by atoms with E-state index >= 15 is 0 Å². The van der Waals surface area contributed by atoms with Crippen LogP contribution in [0.5, 0.6) is 0 Å². The van der Waals surface area contributed by atoms with Gasteiger partial charge in [-0.25, -0.2) is 8.78 Å². The predicted molar refractivity (Wildman–Crippen MR) is 59.4 cm³/mol. The summed E-state index contributed by atoms with van der Waals surface area (Å²) in [7, 11) is 0. The van der Waals surface area contributed by atoms with Gasteiger partial charge in [-0.2, -0.15) is 0 Å². The highest BCUT2D eigenvalue weighted by molar-refractivity contribution is 9.11. The molecule has 2 N–H and O–H groups in total. The Labute approximate surface area is 94.3 Å². The van der Waals surface area contributed by atoms with Crippen molar-refractivity contribution in [1.82, 2.24) is 0 Å². The highest BCUT2D eigenvalue weighted by Gasteiger charge is 2.33. The molecule has 0 bridgehead atoms. The molecule has 0 radical (unpaired) electrons. The lowest BCUT2D eigenvalue weighted by molar-refractivity contribution is -0.00852. The minimum Gasteiger partial charge on any atom is -0.277 e. The number of hydrogen-bond donors (Lipinski definition) is 1. The Kier molecular flexibility index (Phi) is 4.34. The molecular weight excluding hydrogens is 272 g/mol. The summed E-state index contributed by atoms with van der Waals surface area (Å²) in [6.07, 6.45) is -0.307. The maximum atomic E-state index is 13.5. The van der Waals surface area contributed by atoms with Gasteiger partial charge in [-0.1, -0.05) is 58.2 Å². The van der Waals surface area contributed by atoms with Crippen molar-refractivity contribution >= 4 is 27.9 Å². The maximum Gasteiger partial charge on any atom is 0.275 e. The molecule has 1 unspecified atom stereocenters. The lowest BCUT2D eigenvalue weighted by Gasteiger charge is -2.18. The summed E-state index contributed by atoms with van der Waals surface area (Å²) in [5, 5.41) is 5.19. The molecule has 0 aliphatic heterocycles. The van der Waals surface area contributed by atoms with Crippen molar-refractivity contribution in [1.29, 1.82) is 0 Å². The largest absolute Gasteiger partial charge is 0.277 e. The third-order valence-corrected chi connectivity index (χ3v) is 3.19. The number of benzene rings is 1. The maximum absolute atomic E-state index is 13.5. The SMILES string of the molecule is NSC(Br)CC(F)(F)c1ccccc1. The third-order valence-electron chi connectivity index (χ3n) is 1.76. The molecule has 0 aliphatic carbocycles. The van der Waals surface area contributed by atoms with Gasteiger partial charge >= 0.3 is 0 Å². The second-order valence-electron chi connectivity index (χ2n) is 2.82. The van der Waals surface area contributed by atoms with Gasteiger partial charge in [0.25, 0.3) is 5.92 Å². The molecule has 78 valence electrons. The average molecular weight is 282 g/mol. The quantitative estimate of drug-likeness (QED) is 0.675. The van der Waals surface area contributed by atoms with Gasteiger partial charge in [0.15, 0.2) is 0 Å². The lowest BCUT2D eigenvalue weighted by atomic mass is 10.1. The van der Waals surface area contributed by atoms with Gasteiger partial charge < -0.3 is 0 Å². The molecule has 0 saturated heterocycles. The standard InChI is InChI=1S/C9H10BrF2NS/c10-8(14-13)6-9(11,12)7-4-2-1-3-5-7/h1-5,8H,6,13H2. The van der Waals surface area contributed by atoms with E-state index in [2.05, 4.69) is 15.9 Å². The van der Waals surface area contributed by atoms with Crippen molar-refractivity contribution in [3.8, 4) is 0 Å². The van der Waals surface area contributed by atoms with Crippen LogP contribution in [0.4, 0.5) is 8.78 Å². The number of rotatable bonds is 4. The molecule has 1 atom stereocenters. The smallest absolute Gasteiger partial charge is 0.275 e. The molecule has 0 amide bonds.